The SMILES string of the molecule is CC(C)Oc1ccc(C2=NN3[C@@H](c4ccc(C(C)C)cc4)Oc4ccccc4[C@@H]3C2)cc1. The van der Waals surface area contributed by atoms with E-state index in [1.54, 1.807) is 0 Å². The van der Waals surface area contributed by atoms with Gasteiger partial charge in [0.15, 0.2) is 0 Å². The summed E-state index contributed by atoms with van der Waals surface area (Å²) in [6.45, 7) is 8.51. The zero-order chi connectivity index (χ0) is 22.2. The van der Waals surface area contributed by atoms with Crippen LogP contribution in [0.15, 0.2) is 77.9 Å². The Labute approximate surface area is 190 Å². The lowest BCUT2D eigenvalue weighted by Crippen LogP contribution is -2.33. The Morgan fingerprint density at radius 3 is 2.31 bits per heavy atom. The number of rotatable bonds is 5. The first-order valence-electron chi connectivity index (χ1n) is 11.5. The molecule has 3 aromatic rings. The van der Waals surface area contributed by atoms with Crippen molar-refractivity contribution in [3.63, 3.8) is 0 Å². The first-order chi connectivity index (χ1) is 15.5. The second kappa shape index (κ2) is 8.34. The molecule has 0 aromatic heterocycles. The molecule has 0 unspecified atom stereocenters. The summed E-state index contributed by atoms with van der Waals surface area (Å²) in [5.74, 6) is 2.34. The average molecular weight is 427 g/mol. The van der Waals surface area contributed by atoms with Gasteiger partial charge in [-0.15, -0.1) is 0 Å². The Morgan fingerprint density at radius 1 is 0.906 bits per heavy atom. The molecule has 0 saturated heterocycles. The van der Waals surface area contributed by atoms with Crippen LogP contribution >= 0.6 is 0 Å². The van der Waals surface area contributed by atoms with Gasteiger partial charge < -0.3 is 9.47 Å². The minimum Gasteiger partial charge on any atom is -0.491 e. The van der Waals surface area contributed by atoms with Crippen molar-refractivity contribution in [3.8, 4) is 11.5 Å². The van der Waals surface area contributed by atoms with Gasteiger partial charge >= 0.3 is 0 Å². The van der Waals surface area contributed by atoms with E-state index in [4.69, 9.17) is 14.6 Å². The normalized spacial score (nSPS) is 19.4. The second-order valence-electron chi connectivity index (χ2n) is 9.17. The summed E-state index contributed by atoms with van der Waals surface area (Å²) >= 11 is 0. The third-order valence-corrected chi connectivity index (χ3v) is 6.15. The molecule has 3 aromatic carbocycles. The molecule has 0 fully saturated rings. The number of nitrogens with zero attached hydrogens (tertiary/aromatic N) is 2. The summed E-state index contributed by atoms with van der Waals surface area (Å²) in [6.07, 6.45) is 0.776. The molecular formula is C28H30N2O2. The van der Waals surface area contributed by atoms with E-state index in [0.717, 1.165) is 34.8 Å². The highest BCUT2D eigenvalue weighted by Crippen LogP contribution is 2.47. The third-order valence-electron chi connectivity index (χ3n) is 6.15. The minimum atomic E-state index is -0.239. The lowest BCUT2D eigenvalue weighted by atomic mass is 9.95. The van der Waals surface area contributed by atoms with E-state index in [0.29, 0.717) is 5.92 Å². The predicted molar refractivity (Wildman–Crippen MR) is 128 cm³/mol. The molecule has 0 N–H and O–H groups in total. The highest BCUT2D eigenvalue weighted by atomic mass is 16.5. The molecule has 0 bridgehead atoms. The first-order valence-corrected chi connectivity index (χ1v) is 11.5. The van der Waals surface area contributed by atoms with Crippen molar-refractivity contribution >= 4 is 5.71 Å². The van der Waals surface area contributed by atoms with E-state index in [1.807, 2.05) is 32.0 Å². The van der Waals surface area contributed by atoms with E-state index >= 15 is 0 Å². The Bertz CT molecular complexity index is 1120. The van der Waals surface area contributed by atoms with Crippen LogP contribution in [-0.4, -0.2) is 16.8 Å². The molecule has 2 atom stereocenters. The maximum atomic E-state index is 6.48. The van der Waals surface area contributed by atoms with Crippen LogP contribution in [0.3, 0.4) is 0 Å². The van der Waals surface area contributed by atoms with Crippen molar-refractivity contribution in [2.75, 3.05) is 0 Å². The number of hydrogen-bond donors (Lipinski definition) is 0. The van der Waals surface area contributed by atoms with E-state index in [2.05, 4.69) is 73.5 Å². The molecule has 0 spiro atoms. The molecule has 0 radical (unpaired) electrons. The molecule has 32 heavy (non-hydrogen) atoms. The van der Waals surface area contributed by atoms with Crippen LogP contribution in [0.25, 0.3) is 0 Å². The first kappa shape index (κ1) is 20.6. The van der Waals surface area contributed by atoms with Gasteiger partial charge in [0, 0.05) is 17.5 Å². The smallest absolute Gasteiger partial charge is 0.213 e. The molecule has 164 valence electrons. The summed E-state index contributed by atoms with van der Waals surface area (Å²) in [5.41, 5.74) is 5.86. The van der Waals surface area contributed by atoms with Gasteiger partial charge in [0.25, 0.3) is 0 Å². The van der Waals surface area contributed by atoms with Gasteiger partial charge in [0.05, 0.1) is 17.9 Å². The number of benzene rings is 3. The lowest BCUT2D eigenvalue weighted by molar-refractivity contribution is -0.0190. The molecule has 0 saturated carbocycles. The summed E-state index contributed by atoms with van der Waals surface area (Å²) < 4.78 is 12.3. The van der Waals surface area contributed by atoms with Crippen LogP contribution in [-0.2, 0) is 0 Å². The maximum Gasteiger partial charge on any atom is 0.213 e. The zero-order valence-electron chi connectivity index (χ0n) is 19.2. The van der Waals surface area contributed by atoms with Crippen LogP contribution in [0.4, 0.5) is 0 Å². The summed E-state index contributed by atoms with van der Waals surface area (Å²) in [5, 5.41) is 7.21. The summed E-state index contributed by atoms with van der Waals surface area (Å²) in [6, 6.07) is 25.5. The predicted octanol–water partition coefficient (Wildman–Crippen LogP) is 6.84. The van der Waals surface area contributed by atoms with Gasteiger partial charge in [-0.2, -0.15) is 5.10 Å². The Hall–Kier alpha value is -3.27. The fraction of sp³-hybridized carbons (Fsp3) is 0.321. The van der Waals surface area contributed by atoms with Crippen molar-refractivity contribution in [2.24, 2.45) is 5.10 Å². The van der Waals surface area contributed by atoms with Gasteiger partial charge in [-0.25, -0.2) is 5.01 Å². The Kier molecular flexibility index (Phi) is 5.38. The Balaban J connectivity index is 1.49. The van der Waals surface area contributed by atoms with Crippen molar-refractivity contribution in [2.45, 2.75) is 58.4 Å². The molecule has 4 heteroatoms. The molecular weight excluding hydrogens is 396 g/mol. The number of hydrogen-bond acceptors (Lipinski definition) is 4. The summed E-state index contributed by atoms with van der Waals surface area (Å²) in [4.78, 5) is 0. The van der Waals surface area contributed by atoms with Gasteiger partial charge in [0.1, 0.15) is 11.5 Å². The minimum absolute atomic E-state index is 0.162. The number of ether oxygens (including phenoxy) is 2. The highest BCUT2D eigenvalue weighted by molar-refractivity contribution is 6.02. The zero-order valence-corrected chi connectivity index (χ0v) is 19.2. The van der Waals surface area contributed by atoms with E-state index in [1.165, 1.54) is 11.1 Å². The van der Waals surface area contributed by atoms with Crippen LogP contribution in [0.5, 0.6) is 11.5 Å². The molecule has 2 aliphatic heterocycles. The van der Waals surface area contributed by atoms with Crippen molar-refractivity contribution < 1.29 is 9.47 Å². The largest absolute Gasteiger partial charge is 0.491 e. The lowest BCUT2D eigenvalue weighted by Gasteiger charge is -2.38. The molecule has 0 amide bonds. The van der Waals surface area contributed by atoms with Gasteiger partial charge in [-0.1, -0.05) is 56.3 Å². The van der Waals surface area contributed by atoms with E-state index < -0.39 is 0 Å². The van der Waals surface area contributed by atoms with Crippen LogP contribution < -0.4 is 9.47 Å². The average Bonchev–Trinajstić information content (AvgIpc) is 3.24. The van der Waals surface area contributed by atoms with E-state index in [9.17, 15) is 0 Å². The molecule has 2 aliphatic rings. The second-order valence-corrected chi connectivity index (χ2v) is 9.17. The topological polar surface area (TPSA) is 34.1 Å². The van der Waals surface area contributed by atoms with Gasteiger partial charge in [-0.05, 0) is 61.2 Å². The number of hydrazone groups is 1. The fourth-order valence-corrected chi connectivity index (χ4v) is 4.47. The molecule has 4 nitrogen and oxygen atoms in total. The van der Waals surface area contributed by atoms with Crippen LogP contribution in [0.1, 0.15) is 74.6 Å². The standard InChI is InChI=1S/C28H30N2O2/c1-18(2)20-9-11-22(12-10-20)28-30-26(24-7-5-6-8-27(24)32-28)17-25(29-30)21-13-15-23(16-14-21)31-19(3)4/h5-16,18-19,26,28H,17H2,1-4H3/t26-,28+/m0/s1. The number of fused-ring (bicyclic) bond motifs is 3. The Morgan fingerprint density at radius 2 is 1.62 bits per heavy atom. The third kappa shape index (κ3) is 3.86. The van der Waals surface area contributed by atoms with Crippen LogP contribution in [0, 0.1) is 0 Å². The molecule has 5 rings (SSSR count). The van der Waals surface area contributed by atoms with Crippen molar-refractivity contribution in [1.29, 1.82) is 0 Å². The van der Waals surface area contributed by atoms with Crippen LogP contribution in [0.2, 0.25) is 0 Å². The molecule has 2 heterocycles. The van der Waals surface area contributed by atoms with Crippen molar-refractivity contribution in [3.05, 3.63) is 95.1 Å². The summed E-state index contributed by atoms with van der Waals surface area (Å²) in [7, 11) is 0. The highest BCUT2D eigenvalue weighted by Gasteiger charge is 2.40. The number of para-hydroxylation sites is 1. The molecule has 0 aliphatic carbocycles. The van der Waals surface area contributed by atoms with E-state index in [-0.39, 0.29) is 18.4 Å². The van der Waals surface area contributed by atoms with Crippen molar-refractivity contribution in [1.82, 2.24) is 5.01 Å². The quantitative estimate of drug-likeness (QED) is 0.448. The van der Waals surface area contributed by atoms with Gasteiger partial charge in [0.2, 0.25) is 6.23 Å². The maximum absolute atomic E-state index is 6.48. The van der Waals surface area contributed by atoms with Gasteiger partial charge in [-0.3, -0.25) is 0 Å². The fourth-order valence-electron chi connectivity index (χ4n) is 4.47. The monoisotopic (exact) mass is 426 g/mol.